The SMILES string of the molecule is C=Cc1cc(C)cc(-c2ccc3c(c2)CC(=C)CCC/C(C)=C\C3)c1.CC. The lowest BCUT2D eigenvalue weighted by molar-refractivity contribution is 0.779. The van der Waals surface area contributed by atoms with Gasteiger partial charge >= 0.3 is 0 Å². The van der Waals surface area contributed by atoms with Crippen LogP contribution in [0.4, 0.5) is 0 Å². The molecule has 0 aliphatic heterocycles. The van der Waals surface area contributed by atoms with Gasteiger partial charge in [0.05, 0.1) is 0 Å². The molecule has 2 aromatic carbocycles. The fourth-order valence-corrected chi connectivity index (χ4v) is 3.63. The topological polar surface area (TPSA) is 0 Å². The van der Waals surface area contributed by atoms with E-state index in [1.165, 1.54) is 57.4 Å². The van der Waals surface area contributed by atoms with Crippen molar-refractivity contribution in [1.29, 1.82) is 0 Å². The molecule has 27 heavy (non-hydrogen) atoms. The maximum absolute atomic E-state index is 4.32. The molecule has 0 heteroatoms. The molecule has 1 aliphatic carbocycles. The third-order valence-corrected chi connectivity index (χ3v) is 5.09. The van der Waals surface area contributed by atoms with E-state index in [0.29, 0.717) is 0 Å². The number of aryl methyl sites for hydroxylation is 1. The van der Waals surface area contributed by atoms with Gasteiger partial charge in [-0.2, -0.15) is 0 Å². The fourth-order valence-electron chi connectivity index (χ4n) is 3.63. The molecule has 0 unspecified atom stereocenters. The van der Waals surface area contributed by atoms with E-state index < -0.39 is 0 Å². The second-order valence-electron chi connectivity index (χ2n) is 7.35. The molecule has 0 saturated heterocycles. The van der Waals surface area contributed by atoms with Gasteiger partial charge in [0, 0.05) is 0 Å². The molecule has 0 aromatic heterocycles. The molecule has 0 N–H and O–H groups in total. The Morgan fingerprint density at radius 3 is 2.41 bits per heavy atom. The molecule has 0 fully saturated rings. The lowest BCUT2D eigenvalue weighted by atomic mass is 9.90. The predicted molar refractivity (Wildman–Crippen MR) is 122 cm³/mol. The Morgan fingerprint density at radius 2 is 1.67 bits per heavy atom. The standard InChI is InChI=1S/C25H28.C2H6/c1-5-21-13-20(4)15-24(16-21)23-12-11-22-10-9-18(2)7-6-8-19(3)14-25(22)17-23;1-2/h5,9,11-13,15-17H,1,3,6-8,10,14H2,2,4H3;1-2H3/b18-9-;. The summed E-state index contributed by atoms with van der Waals surface area (Å²) in [5.74, 6) is 0. The molecule has 0 radical (unpaired) electrons. The minimum absolute atomic E-state index is 0.996. The molecule has 2 aromatic rings. The summed E-state index contributed by atoms with van der Waals surface area (Å²) < 4.78 is 0. The zero-order valence-corrected chi connectivity index (χ0v) is 17.6. The highest BCUT2D eigenvalue weighted by atomic mass is 14.1. The van der Waals surface area contributed by atoms with Gasteiger partial charge in [-0.15, -0.1) is 0 Å². The monoisotopic (exact) mass is 358 g/mol. The Labute approximate surface area is 166 Å². The number of hydrogen-bond acceptors (Lipinski definition) is 0. The number of rotatable bonds is 2. The molecule has 0 heterocycles. The van der Waals surface area contributed by atoms with E-state index in [9.17, 15) is 0 Å². The zero-order chi connectivity index (χ0) is 19.8. The highest BCUT2D eigenvalue weighted by molar-refractivity contribution is 5.69. The molecule has 0 saturated carbocycles. The van der Waals surface area contributed by atoms with E-state index in [-0.39, 0.29) is 0 Å². The Morgan fingerprint density at radius 1 is 0.889 bits per heavy atom. The first-order chi connectivity index (χ1) is 13.0. The molecule has 0 atom stereocenters. The van der Waals surface area contributed by atoms with Crippen LogP contribution in [0.25, 0.3) is 17.2 Å². The minimum Gasteiger partial charge on any atom is -0.0995 e. The van der Waals surface area contributed by atoms with Gasteiger partial charge in [0.15, 0.2) is 0 Å². The second kappa shape index (κ2) is 10.1. The van der Waals surface area contributed by atoms with Crippen LogP contribution in [0.1, 0.15) is 62.3 Å². The largest absolute Gasteiger partial charge is 0.0995 e. The van der Waals surface area contributed by atoms with Gasteiger partial charge in [-0.25, -0.2) is 0 Å². The second-order valence-corrected chi connectivity index (χ2v) is 7.35. The third kappa shape index (κ3) is 5.82. The first-order valence-electron chi connectivity index (χ1n) is 10.2. The molecular weight excluding hydrogens is 324 g/mol. The molecular formula is C27H34. The summed E-state index contributed by atoms with van der Waals surface area (Å²) in [7, 11) is 0. The van der Waals surface area contributed by atoms with Gasteiger partial charge in [0.1, 0.15) is 0 Å². The normalized spacial score (nSPS) is 16.3. The summed E-state index contributed by atoms with van der Waals surface area (Å²) in [6, 6.07) is 13.6. The maximum atomic E-state index is 4.32. The van der Waals surface area contributed by atoms with E-state index >= 15 is 0 Å². The summed E-state index contributed by atoms with van der Waals surface area (Å²) in [4.78, 5) is 0. The lowest BCUT2D eigenvalue weighted by Gasteiger charge is -2.15. The maximum Gasteiger partial charge on any atom is -0.00667 e. The van der Waals surface area contributed by atoms with Gasteiger partial charge < -0.3 is 0 Å². The van der Waals surface area contributed by atoms with Crippen LogP contribution < -0.4 is 0 Å². The van der Waals surface area contributed by atoms with Gasteiger partial charge in [0.25, 0.3) is 0 Å². The van der Waals surface area contributed by atoms with Crippen molar-refractivity contribution >= 4 is 6.08 Å². The van der Waals surface area contributed by atoms with E-state index in [2.05, 4.69) is 69.5 Å². The van der Waals surface area contributed by atoms with Crippen LogP contribution in [0.5, 0.6) is 0 Å². The number of benzene rings is 2. The summed E-state index contributed by atoms with van der Waals surface area (Å²) in [6.45, 7) is 16.6. The van der Waals surface area contributed by atoms with E-state index in [4.69, 9.17) is 0 Å². The highest BCUT2D eigenvalue weighted by Crippen LogP contribution is 2.28. The Hall–Kier alpha value is -2.34. The summed E-state index contributed by atoms with van der Waals surface area (Å²) in [6.07, 6.45) is 9.88. The van der Waals surface area contributed by atoms with Crippen molar-refractivity contribution in [2.24, 2.45) is 0 Å². The van der Waals surface area contributed by atoms with Crippen molar-refractivity contribution < 1.29 is 0 Å². The van der Waals surface area contributed by atoms with Crippen molar-refractivity contribution in [1.82, 2.24) is 0 Å². The predicted octanol–water partition coefficient (Wildman–Crippen LogP) is 8.10. The Kier molecular flexibility index (Phi) is 7.85. The van der Waals surface area contributed by atoms with Crippen LogP contribution in [-0.4, -0.2) is 0 Å². The zero-order valence-electron chi connectivity index (χ0n) is 17.6. The van der Waals surface area contributed by atoms with Gasteiger partial charge in [-0.3, -0.25) is 0 Å². The smallest absolute Gasteiger partial charge is 0.00667 e. The molecule has 1 aliphatic rings. The van der Waals surface area contributed by atoms with Crippen LogP contribution in [0, 0.1) is 6.92 Å². The molecule has 3 rings (SSSR count). The molecule has 0 amide bonds. The summed E-state index contributed by atoms with van der Waals surface area (Å²) in [5.41, 5.74) is 10.7. The first kappa shape index (κ1) is 21.0. The number of fused-ring (bicyclic) bond motifs is 1. The quantitative estimate of drug-likeness (QED) is 0.476. The van der Waals surface area contributed by atoms with Crippen molar-refractivity contribution in [2.45, 2.75) is 59.8 Å². The average Bonchev–Trinajstić information content (AvgIpc) is 2.67. The fraction of sp³-hybridized carbons (Fsp3) is 0.333. The Balaban J connectivity index is 0.00000126. The summed E-state index contributed by atoms with van der Waals surface area (Å²) >= 11 is 0. The third-order valence-electron chi connectivity index (χ3n) is 5.09. The van der Waals surface area contributed by atoms with Gasteiger partial charge in [0.2, 0.25) is 0 Å². The molecule has 0 nitrogen and oxygen atoms in total. The van der Waals surface area contributed by atoms with Crippen LogP contribution >= 0.6 is 0 Å². The highest BCUT2D eigenvalue weighted by Gasteiger charge is 2.09. The van der Waals surface area contributed by atoms with Crippen molar-refractivity contribution in [3.05, 3.63) is 89.0 Å². The van der Waals surface area contributed by atoms with Crippen molar-refractivity contribution in [3.8, 4) is 11.1 Å². The number of hydrogen-bond donors (Lipinski definition) is 0. The summed E-state index contributed by atoms with van der Waals surface area (Å²) in [5, 5.41) is 0. The van der Waals surface area contributed by atoms with Gasteiger partial charge in [-0.05, 0) is 85.4 Å². The van der Waals surface area contributed by atoms with Gasteiger partial charge in [-0.1, -0.05) is 80.6 Å². The number of allylic oxidation sites excluding steroid dienone is 3. The van der Waals surface area contributed by atoms with Crippen LogP contribution in [0.3, 0.4) is 0 Å². The minimum atomic E-state index is 0.996. The van der Waals surface area contributed by atoms with E-state index in [1.807, 2.05) is 19.9 Å². The van der Waals surface area contributed by atoms with Crippen LogP contribution in [0.15, 0.2) is 66.8 Å². The lowest BCUT2D eigenvalue weighted by Crippen LogP contribution is -1.99. The van der Waals surface area contributed by atoms with Crippen molar-refractivity contribution in [2.75, 3.05) is 0 Å². The van der Waals surface area contributed by atoms with Crippen LogP contribution in [-0.2, 0) is 12.8 Å². The van der Waals surface area contributed by atoms with E-state index in [0.717, 1.165) is 19.3 Å². The van der Waals surface area contributed by atoms with Crippen molar-refractivity contribution in [3.63, 3.8) is 0 Å². The first-order valence-corrected chi connectivity index (χ1v) is 10.2. The van der Waals surface area contributed by atoms with E-state index in [1.54, 1.807) is 0 Å². The molecule has 142 valence electrons. The molecule has 0 bridgehead atoms. The Bertz CT molecular complexity index is 833. The molecule has 0 spiro atoms. The van der Waals surface area contributed by atoms with Crippen LogP contribution in [0.2, 0.25) is 0 Å². The average molecular weight is 359 g/mol.